The first-order valence-electron chi connectivity index (χ1n) is 10.2. The van der Waals surface area contributed by atoms with Gasteiger partial charge in [-0.05, 0) is 62.6 Å². The Morgan fingerprint density at radius 1 is 1.14 bits per heavy atom. The highest BCUT2D eigenvalue weighted by atomic mass is 19.4. The third-order valence-electron chi connectivity index (χ3n) is 5.04. The predicted molar refractivity (Wildman–Crippen MR) is 113 cm³/mol. The van der Waals surface area contributed by atoms with Crippen LogP contribution < -0.4 is 10.3 Å². The topological polar surface area (TPSA) is 136 Å². The third-order valence-corrected chi connectivity index (χ3v) is 5.04. The summed E-state index contributed by atoms with van der Waals surface area (Å²) in [5, 5.41) is 19.1. The molecule has 14 heteroatoms. The van der Waals surface area contributed by atoms with Crippen LogP contribution in [0.15, 0.2) is 47.4 Å². The lowest BCUT2D eigenvalue weighted by atomic mass is 9.97. The SMILES string of the molecule is CC1(C)C=C(n2ccc(C(CCCO[N+](=O)[O-])O[N+](=O)[O-])cc2=O)c2cc(C(F)(F)F)ccc2O1. The fourth-order valence-corrected chi connectivity index (χ4v) is 3.60. The quantitative estimate of drug-likeness (QED) is 0.285. The van der Waals surface area contributed by atoms with Crippen LogP contribution in [-0.4, -0.2) is 26.9 Å². The molecule has 0 N–H and O–H groups in total. The maximum Gasteiger partial charge on any atom is 0.416 e. The minimum absolute atomic E-state index is 0.0207. The molecule has 1 aromatic carbocycles. The van der Waals surface area contributed by atoms with Gasteiger partial charge in [0.25, 0.3) is 15.7 Å². The van der Waals surface area contributed by atoms with Gasteiger partial charge in [-0.2, -0.15) is 13.2 Å². The van der Waals surface area contributed by atoms with Crippen LogP contribution in [0.4, 0.5) is 13.2 Å². The highest BCUT2D eigenvalue weighted by molar-refractivity contribution is 5.74. The molecule has 188 valence electrons. The number of ether oxygens (including phenoxy) is 1. The molecule has 0 saturated carbocycles. The van der Waals surface area contributed by atoms with Crippen LogP contribution >= 0.6 is 0 Å². The van der Waals surface area contributed by atoms with E-state index in [1.165, 1.54) is 24.4 Å². The van der Waals surface area contributed by atoms with Gasteiger partial charge in [0, 0.05) is 17.8 Å². The second-order valence-corrected chi connectivity index (χ2v) is 8.13. The zero-order valence-corrected chi connectivity index (χ0v) is 18.5. The summed E-state index contributed by atoms with van der Waals surface area (Å²) in [4.78, 5) is 42.9. The first-order chi connectivity index (χ1) is 16.3. The number of benzene rings is 1. The van der Waals surface area contributed by atoms with Crippen LogP contribution in [0.1, 0.15) is 49.5 Å². The van der Waals surface area contributed by atoms with Crippen molar-refractivity contribution in [3.63, 3.8) is 0 Å². The predicted octanol–water partition coefficient (Wildman–Crippen LogP) is 4.17. The molecular weight excluding hydrogens is 479 g/mol. The fourth-order valence-electron chi connectivity index (χ4n) is 3.60. The van der Waals surface area contributed by atoms with E-state index < -0.39 is 39.2 Å². The summed E-state index contributed by atoms with van der Waals surface area (Å²) in [5.74, 6) is 0.150. The molecule has 0 saturated heterocycles. The minimum atomic E-state index is -4.62. The zero-order chi connectivity index (χ0) is 26.0. The van der Waals surface area contributed by atoms with Gasteiger partial charge in [-0.1, -0.05) is 0 Å². The number of alkyl halides is 3. The summed E-state index contributed by atoms with van der Waals surface area (Å²) in [7, 11) is 0. The normalized spacial score (nSPS) is 15.3. The fraction of sp³-hybridized carbons (Fsp3) is 0.381. The number of pyridine rings is 1. The van der Waals surface area contributed by atoms with E-state index in [1.54, 1.807) is 13.8 Å². The summed E-state index contributed by atoms with van der Waals surface area (Å²) in [6, 6.07) is 5.34. The molecule has 2 heterocycles. The first-order valence-corrected chi connectivity index (χ1v) is 10.2. The van der Waals surface area contributed by atoms with Gasteiger partial charge in [-0.3, -0.25) is 9.36 Å². The number of hydrogen-bond acceptors (Lipinski definition) is 8. The summed E-state index contributed by atoms with van der Waals surface area (Å²) in [5.41, 5.74) is -2.26. The van der Waals surface area contributed by atoms with Crippen molar-refractivity contribution in [1.82, 2.24) is 4.57 Å². The van der Waals surface area contributed by atoms with Gasteiger partial charge in [0.1, 0.15) is 17.5 Å². The van der Waals surface area contributed by atoms with E-state index in [0.29, 0.717) is 0 Å². The van der Waals surface area contributed by atoms with Gasteiger partial charge in [-0.15, -0.1) is 20.2 Å². The number of hydrogen-bond donors (Lipinski definition) is 0. The number of halogens is 3. The second-order valence-electron chi connectivity index (χ2n) is 8.13. The van der Waals surface area contributed by atoms with E-state index in [-0.39, 0.29) is 42.0 Å². The highest BCUT2D eigenvalue weighted by Gasteiger charge is 2.34. The van der Waals surface area contributed by atoms with Crippen molar-refractivity contribution in [1.29, 1.82) is 0 Å². The Morgan fingerprint density at radius 3 is 2.46 bits per heavy atom. The lowest BCUT2D eigenvalue weighted by Gasteiger charge is -2.32. The number of aromatic nitrogens is 1. The summed E-state index contributed by atoms with van der Waals surface area (Å²) >= 11 is 0. The first kappa shape index (κ1) is 25.5. The van der Waals surface area contributed by atoms with Gasteiger partial charge in [0.05, 0.1) is 17.9 Å². The molecule has 35 heavy (non-hydrogen) atoms. The Balaban J connectivity index is 1.98. The molecular formula is C21H20F3N3O8. The van der Waals surface area contributed by atoms with Crippen molar-refractivity contribution < 1.29 is 37.8 Å². The number of fused-ring (bicyclic) bond motifs is 1. The van der Waals surface area contributed by atoms with Crippen molar-refractivity contribution in [2.24, 2.45) is 0 Å². The van der Waals surface area contributed by atoms with Crippen LogP contribution in [-0.2, 0) is 15.9 Å². The average molecular weight is 499 g/mol. The molecule has 0 spiro atoms. The summed E-state index contributed by atoms with van der Waals surface area (Å²) in [6.45, 7) is 3.00. The van der Waals surface area contributed by atoms with Gasteiger partial charge in [0.15, 0.2) is 0 Å². The van der Waals surface area contributed by atoms with Gasteiger partial charge < -0.3 is 14.4 Å². The van der Waals surface area contributed by atoms with Gasteiger partial charge >= 0.3 is 6.18 Å². The monoisotopic (exact) mass is 499 g/mol. The number of rotatable bonds is 9. The Hall–Kier alpha value is -4.10. The van der Waals surface area contributed by atoms with Crippen molar-refractivity contribution in [2.45, 2.75) is 44.6 Å². The molecule has 1 atom stereocenters. The van der Waals surface area contributed by atoms with Crippen molar-refractivity contribution in [3.05, 3.63) is 89.9 Å². The van der Waals surface area contributed by atoms with Crippen molar-refractivity contribution in [3.8, 4) is 5.75 Å². The third kappa shape index (κ3) is 6.28. The molecule has 0 aliphatic carbocycles. The Morgan fingerprint density at radius 2 is 1.86 bits per heavy atom. The molecule has 1 aliphatic heterocycles. The maximum absolute atomic E-state index is 13.3. The standard InChI is InChI=1S/C21H20F3N3O8/c1-20(2)12-16(15-11-14(21(22,23)24)5-6-18(15)34-20)25-8-7-13(10-19(25)28)17(35-27(31)32)4-3-9-33-26(29)30/h5-8,10-12,17H,3-4,9H2,1-2H3. The Kier molecular flexibility index (Phi) is 7.03. The smallest absolute Gasteiger partial charge is 0.416 e. The summed E-state index contributed by atoms with van der Waals surface area (Å²) < 4.78 is 46.7. The lowest BCUT2D eigenvalue weighted by Crippen LogP contribution is -2.32. The van der Waals surface area contributed by atoms with E-state index in [4.69, 9.17) is 4.74 Å². The van der Waals surface area contributed by atoms with Crippen molar-refractivity contribution in [2.75, 3.05) is 6.61 Å². The molecule has 1 aliphatic rings. The van der Waals surface area contributed by atoms with Gasteiger partial charge in [-0.25, -0.2) is 0 Å². The maximum atomic E-state index is 13.3. The molecule has 2 aromatic rings. The van der Waals surface area contributed by atoms with Crippen LogP contribution in [0.2, 0.25) is 0 Å². The number of nitrogens with zero attached hydrogens (tertiary/aromatic N) is 3. The van der Waals surface area contributed by atoms with E-state index >= 15 is 0 Å². The van der Waals surface area contributed by atoms with Gasteiger partial charge in [0.2, 0.25) is 0 Å². The molecule has 3 rings (SSSR count). The van der Waals surface area contributed by atoms with Crippen molar-refractivity contribution >= 4 is 5.70 Å². The minimum Gasteiger partial charge on any atom is -0.483 e. The highest BCUT2D eigenvalue weighted by Crippen LogP contribution is 2.40. The molecule has 0 fully saturated rings. The van der Waals surface area contributed by atoms with Crippen LogP contribution in [0, 0.1) is 20.2 Å². The van der Waals surface area contributed by atoms with Crippen LogP contribution in [0.25, 0.3) is 5.70 Å². The van der Waals surface area contributed by atoms with Crippen LogP contribution in [0.5, 0.6) is 5.75 Å². The van der Waals surface area contributed by atoms with E-state index in [9.17, 15) is 38.2 Å². The summed E-state index contributed by atoms with van der Waals surface area (Å²) in [6.07, 6.45) is -3.12. The van der Waals surface area contributed by atoms with E-state index in [0.717, 1.165) is 22.8 Å². The van der Waals surface area contributed by atoms with E-state index in [1.807, 2.05) is 0 Å². The molecule has 11 nitrogen and oxygen atoms in total. The van der Waals surface area contributed by atoms with E-state index in [2.05, 4.69) is 9.68 Å². The molecule has 0 bridgehead atoms. The molecule has 0 radical (unpaired) electrons. The second kappa shape index (κ2) is 9.64. The Bertz CT molecular complexity index is 1220. The zero-order valence-electron chi connectivity index (χ0n) is 18.5. The average Bonchev–Trinajstić information content (AvgIpc) is 2.73. The molecule has 1 unspecified atom stereocenters. The molecule has 1 aromatic heterocycles. The lowest BCUT2D eigenvalue weighted by molar-refractivity contribution is -0.772. The van der Waals surface area contributed by atoms with Crippen LogP contribution in [0.3, 0.4) is 0 Å². The largest absolute Gasteiger partial charge is 0.483 e. The Labute approximate surface area is 195 Å². The molecule has 0 amide bonds.